The molecule has 2 aromatic rings. The van der Waals surface area contributed by atoms with E-state index in [9.17, 15) is 0 Å². The highest BCUT2D eigenvalue weighted by Gasteiger charge is 2.16. The quantitative estimate of drug-likeness (QED) is 0.850. The maximum absolute atomic E-state index is 5.96. The van der Waals surface area contributed by atoms with E-state index in [4.69, 9.17) is 9.15 Å². The van der Waals surface area contributed by atoms with Gasteiger partial charge in [0.05, 0.1) is 24.7 Å². The van der Waals surface area contributed by atoms with Gasteiger partial charge < -0.3 is 14.5 Å². The number of furan rings is 1. The number of benzene rings is 1. The van der Waals surface area contributed by atoms with Crippen LogP contribution in [0.25, 0.3) is 0 Å². The Morgan fingerprint density at radius 2 is 1.90 bits per heavy atom. The smallest absolute Gasteiger partial charge is 0.119 e. The zero-order valence-electron chi connectivity index (χ0n) is 11.8. The van der Waals surface area contributed by atoms with Gasteiger partial charge in [0, 0.05) is 11.3 Å². The fourth-order valence-corrected chi connectivity index (χ4v) is 2.68. The second kappa shape index (κ2) is 6.04. The molecule has 0 amide bonds. The van der Waals surface area contributed by atoms with Crippen LogP contribution in [0.2, 0.25) is 0 Å². The predicted molar refractivity (Wildman–Crippen MR) is 80.1 cm³/mol. The van der Waals surface area contributed by atoms with E-state index in [0.717, 1.165) is 17.0 Å². The van der Waals surface area contributed by atoms with Crippen molar-refractivity contribution in [1.82, 2.24) is 0 Å². The molecule has 106 valence electrons. The molecule has 1 fully saturated rings. The molecule has 1 atom stereocenters. The number of anilines is 1. The van der Waals surface area contributed by atoms with Crippen molar-refractivity contribution in [2.45, 2.75) is 44.8 Å². The van der Waals surface area contributed by atoms with Gasteiger partial charge in [0.1, 0.15) is 5.75 Å². The van der Waals surface area contributed by atoms with E-state index in [1.165, 1.54) is 25.7 Å². The number of rotatable bonds is 5. The van der Waals surface area contributed by atoms with E-state index in [-0.39, 0.29) is 6.04 Å². The van der Waals surface area contributed by atoms with Crippen LogP contribution in [-0.2, 0) is 0 Å². The molecule has 3 heteroatoms. The summed E-state index contributed by atoms with van der Waals surface area (Å²) >= 11 is 0. The summed E-state index contributed by atoms with van der Waals surface area (Å²) in [7, 11) is 0. The molecule has 1 unspecified atom stereocenters. The van der Waals surface area contributed by atoms with Crippen LogP contribution in [0.1, 0.15) is 44.2 Å². The Labute approximate surface area is 119 Å². The summed E-state index contributed by atoms with van der Waals surface area (Å²) in [5.41, 5.74) is 2.24. The van der Waals surface area contributed by atoms with Crippen LogP contribution in [0.3, 0.4) is 0 Å². The van der Waals surface area contributed by atoms with E-state index in [1.807, 2.05) is 18.2 Å². The van der Waals surface area contributed by atoms with Gasteiger partial charge in [-0.2, -0.15) is 0 Å². The molecule has 1 heterocycles. The van der Waals surface area contributed by atoms with Crippen LogP contribution in [0.15, 0.2) is 47.3 Å². The summed E-state index contributed by atoms with van der Waals surface area (Å²) in [6.45, 7) is 2.12. The maximum Gasteiger partial charge on any atom is 0.119 e. The summed E-state index contributed by atoms with van der Waals surface area (Å²) in [6.07, 6.45) is 8.87. The van der Waals surface area contributed by atoms with Crippen LogP contribution in [0.5, 0.6) is 5.75 Å². The molecule has 1 aromatic heterocycles. The molecule has 0 radical (unpaired) electrons. The predicted octanol–water partition coefficient (Wildman–Crippen LogP) is 4.77. The van der Waals surface area contributed by atoms with E-state index in [2.05, 4.69) is 24.4 Å². The van der Waals surface area contributed by atoms with Crippen molar-refractivity contribution in [1.29, 1.82) is 0 Å². The summed E-state index contributed by atoms with van der Waals surface area (Å²) in [5.74, 6) is 0.971. The Morgan fingerprint density at radius 3 is 2.55 bits per heavy atom. The van der Waals surface area contributed by atoms with Gasteiger partial charge in [0.25, 0.3) is 0 Å². The van der Waals surface area contributed by atoms with Gasteiger partial charge >= 0.3 is 0 Å². The van der Waals surface area contributed by atoms with Crippen LogP contribution in [0, 0.1) is 0 Å². The van der Waals surface area contributed by atoms with Gasteiger partial charge in [0.15, 0.2) is 0 Å². The molecule has 1 aliphatic rings. The highest BCUT2D eigenvalue weighted by molar-refractivity contribution is 5.48. The largest absolute Gasteiger partial charge is 0.490 e. The van der Waals surface area contributed by atoms with Gasteiger partial charge in [-0.05, 0) is 62.9 Å². The monoisotopic (exact) mass is 271 g/mol. The molecule has 0 aliphatic heterocycles. The van der Waals surface area contributed by atoms with Crippen molar-refractivity contribution in [3.05, 3.63) is 48.4 Å². The van der Waals surface area contributed by atoms with Gasteiger partial charge in [-0.1, -0.05) is 0 Å². The number of hydrogen-bond donors (Lipinski definition) is 1. The molecule has 1 N–H and O–H groups in total. The van der Waals surface area contributed by atoms with Crippen LogP contribution in [-0.4, -0.2) is 6.10 Å². The Morgan fingerprint density at radius 1 is 1.15 bits per heavy atom. The van der Waals surface area contributed by atoms with Gasteiger partial charge in [0.2, 0.25) is 0 Å². The zero-order chi connectivity index (χ0) is 13.8. The first-order chi connectivity index (χ1) is 9.81. The molecule has 0 saturated heterocycles. The van der Waals surface area contributed by atoms with Crippen molar-refractivity contribution in [3.63, 3.8) is 0 Å². The van der Waals surface area contributed by atoms with Crippen molar-refractivity contribution >= 4 is 5.69 Å². The Balaban J connectivity index is 1.58. The second-order valence-corrected chi connectivity index (χ2v) is 5.47. The lowest BCUT2D eigenvalue weighted by atomic mass is 10.1. The third-order valence-electron chi connectivity index (χ3n) is 3.89. The fraction of sp³-hybridized carbons (Fsp3) is 0.412. The van der Waals surface area contributed by atoms with Gasteiger partial charge in [-0.15, -0.1) is 0 Å². The zero-order valence-corrected chi connectivity index (χ0v) is 11.8. The second-order valence-electron chi connectivity index (χ2n) is 5.47. The van der Waals surface area contributed by atoms with Crippen LogP contribution < -0.4 is 10.1 Å². The summed E-state index contributed by atoms with van der Waals surface area (Å²) in [6, 6.07) is 10.4. The highest BCUT2D eigenvalue weighted by Crippen LogP contribution is 2.26. The Bertz CT molecular complexity index is 512. The summed E-state index contributed by atoms with van der Waals surface area (Å²) in [5, 5.41) is 3.45. The topological polar surface area (TPSA) is 34.4 Å². The minimum atomic E-state index is 0.232. The van der Waals surface area contributed by atoms with E-state index in [0.29, 0.717) is 6.10 Å². The minimum Gasteiger partial charge on any atom is -0.490 e. The first-order valence-corrected chi connectivity index (χ1v) is 7.36. The molecule has 0 bridgehead atoms. The fourth-order valence-electron chi connectivity index (χ4n) is 2.68. The van der Waals surface area contributed by atoms with Crippen molar-refractivity contribution in [2.24, 2.45) is 0 Å². The van der Waals surface area contributed by atoms with Gasteiger partial charge in [-0.3, -0.25) is 0 Å². The molecule has 1 aliphatic carbocycles. The molecule has 1 saturated carbocycles. The van der Waals surface area contributed by atoms with Crippen molar-refractivity contribution in [3.8, 4) is 5.75 Å². The lowest BCUT2D eigenvalue weighted by molar-refractivity contribution is 0.210. The molecule has 1 aromatic carbocycles. The molecule has 3 rings (SSSR count). The van der Waals surface area contributed by atoms with Crippen molar-refractivity contribution in [2.75, 3.05) is 5.32 Å². The molecule has 3 nitrogen and oxygen atoms in total. The van der Waals surface area contributed by atoms with E-state index < -0.39 is 0 Å². The first kappa shape index (κ1) is 13.1. The lowest BCUT2D eigenvalue weighted by Crippen LogP contribution is -2.11. The maximum atomic E-state index is 5.96. The summed E-state index contributed by atoms with van der Waals surface area (Å²) in [4.78, 5) is 0. The third kappa shape index (κ3) is 3.16. The molecule has 0 spiro atoms. The average molecular weight is 271 g/mol. The van der Waals surface area contributed by atoms with E-state index >= 15 is 0 Å². The molecular weight excluding hydrogens is 250 g/mol. The lowest BCUT2D eigenvalue weighted by Gasteiger charge is -2.16. The SMILES string of the molecule is CC(Nc1ccc(OC2CCCC2)cc1)c1ccoc1. The van der Waals surface area contributed by atoms with Gasteiger partial charge in [-0.25, -0.2) is 0 Å². The number of hydrogen-bond acceptors (Lipinski definition) is 3. The van der Waals surface area contributed by atoms with E-state index in [1.54, 1.807) is 12.5 Å². The first-order valence-electron chi connectivity index (χ1n) is 7.36. The summed E-state index contributed by atoms with van der Waals surface area (Å²) < 4.78 is 11.1. The van der Waals surface area contributed by atoms with Crippen molar-refractivity contribution < 1.29 is 9.15 Å². The average Bonchev–Trinajstić information content (AvgIpc) is 3.13. The van der Waals surface area contributed by atoms with Crippen LogP contribution in [0.4, 0.5) is 5.69 Å². The standard InChI is InChI=1S/C17H21NO2/c1-13(14-10-11-19-12-14)18-15-6-8-17(9-7-15)20-16-4-2-3-5-16/h6-13,16,18H,2-5H2,1H3. The number of nitrogens with one attached hydrogen (secondary N) is 1. The molecule has 20 heavy (non-hydrogen) atoms. The highest BCUT2D eigenvalue weighted by atomic mass is 16.5. The minimum absolute atomic E-state index is 0.232. The normalized spacial score (nSPS) is 17.1. The third-order valence-corrected chi connectivity index (χ3v) is 3.89. The number of ether oxygens (including phenoxy) is 1. The Kier molecular flexibility index (Phi) is 3.95. The Hall–Kier alpha value is -1.90. The molecular formula is C17H21NO2. The van der Waals surface area contributed by atoms with Crippen LogP contribution >= 0.6 is 0 Å².